The average molecular weight is 247 g/mol. The zero-order valence-electron chi connectivity index (χ0n) is 11.1. The van der Waals surface area contributed by atoms with Crippen LogP contribution in [0.3, 0.4) is 0 Å². The van der Waals surface area contributed by atoms with Gasteiger partial charge in [0, 0.05) is 0 Å². The van der Waals surface area contributed by atoms with Crippen LogP contribution in [-0.2, 0) is 9.53 Å². The largest absolute Gasteiger partial charge is 0.458 e. The van der Waals surface area contributed by atoms with Gasteiger partial charge in [0.1, 0.15) is 5.60 Å². The Bertz CT molecular complexity index is 405. The summed E-state index contributed by atoms with van der Waals surface area (Å²) in [5, 5.41) is 9.52. The van der Waals surface area contributed by atoms with E-state index in [9.17, 15) is 10.1 Å². The summed E-state index contributed by atoms with van der Waals surface area (Å²) < 4.78 is 5.77. The van der Waals surface area contributed by atoms with Crippen LogP contribution in [0.15, 0.2) is 0 Å². The van der Waals surface area contributed by atoms with Gasteiger partial charge < -0.3 is 4.74 Å². The minimum Gasteiger partial charge on any atom is -0.458 e. The lowest BCUT2D eigenvalue weighted by Crippen LogP contribution is -2.41. The molecule has 3 heteroatoms. The third-order valence-electron chi connectivity index (χ3n) is 5.41. The zero-order valence-corrected chi connectivity index (χ0v) is 11.1. The molecule has 0 saturated heterocycles. The van der Waals surface area contributed by atoms with Crippen molar-refractivity contribution < 1.29 is 9.53 Å². The maximum Gasteiger partial charge on any atom is 0.327 e. The fourth-order valence-corrected chi connectivity index (χ4v) is 4.30. The molecule has 0 amide bonds. The standard InChI is InChI=1S/C15H21NO2/c1-14(6-2-3-7-14)18-13(17)15(10-16)9-11-4-5-12(15)8-11/h11-12H,2-9H2,1H3. The quantitative estimate of drug-likeness (QED) is 0.704. The zero-order chi connectivity index (χ0) is 12.8. The summed E-state index contributed by atoms with van der Waals surface area (Å²) in [7, 11) is 0. The fraction of sp³-hybridized carbons (Fsp3) is 0.867. The molecular formula is C15H21NO2. The van der Waals surface area contributed by atoms with Crippen molar-refractivity contribution >= 4 is 5.97 Å². The average Bonchev–Trinajstić information content (AvgIpc) is 3.04. The van der Waals surface area contributed by atoms with E-state index in [0.717, 1.165) is 44.9 Å². The van der Waals surface area contributed by atoms with Crippen LogP contribution in [0.25, 0.3) is 0 Å². The summed E-state index contributed by atoms with van der Waals surface area (Å²) >= 11 is 0. The first kappa shape index (κ1) is 12.0. The maximum absolute atomic E-state index is 12.5. The lowest BCUT2D eigenvalue weighted by molar-refractivity contribution is -0.169. The Labute approximate surface area is 108 Å². The van der Waals surface area contributed by atoms with E-state index in [1.165, 1.54) is 6.42 Å². The Balaban J connectivity index is 1.77. The van der Waals surface area contributed by atoms with Crippen LogP contribution in [0.2, 0.25) is 0 Å². The number of rotatable bonds is 2. The van der Waals surface area contributed by atoms with Crippen LogP contribution in [0, 0.1) is 28.6 Å². The SMILES string of the molecule is CC1(OC(=O)C2(C#N)CC3CCC2C3)CCCC1. The lowest BCUT2D eigenvalue weighted by atomic mass is 9.74. The molecule has 3 nitrogen and oxygen atoms in total. The van der Waals surface area contributed by atoms with Gasteiger partial charge in [0.15, 0.2) is 5.41 Å². The lowest BCUT2D eigenvalue weighted by Gasteiger charge is -2.33. The molecule has 3 fully saturated rings. The predicted octanol–water partition coefficient (Wildman–Crippen LogP) is 3.19. The normalized spacial score (nSPS) is 40.7. The van der Waals surface area contributed by atoms with E-state index >= 15 is 0 Å². The van der Waals surface area contributed by atoms with Gasteiger partial charge >= 0.3 is 5.97 Å². The van der Waals surface area contributed by atoms with Crippen molar-refractivity contribution in [1.29, 1.82) is 5.26 Å². The number of nitriles is 1. The smallest absolute Gasteiger partial charge is 0.327 e. The summed E-state index contributed by atoms with van der Waals surface area (Å²) in [6, 6.07) is 2.33. The molecule has 0 aliphatic heterocycles. The van der Waals surface area contributed by atoms with Gasteiger partial charge in [-0.1, -0.05) is 6.42 Å². The summed E-state index contributed by atoms with van der Waals surface area (Å²) in [6.45, 7) is 2.02. The summed E-state index contributed by atoms with van der Waals surface area (Å²) in [6.07, 6.45) is 8.19. The Morgan fingerprint density at radius 1 is 1.33 bits per heavy atom. The minimum absolute atomic E-state index is 0.221. The van der Waals surface area contributed by atoms with Gasteiger partial charge in [-0.05, 0) is 63.7 Å². The Kier molecular flexibility index (Phi) is 2.66. The molecule has 3 rings (SSSR count). The van der Waals surface area contributed by atoms with E-state index in [1.807, 2.05) is 6.92 Å². The molecule has 0 heterocycles. The fourth-order valence-electron chi connectivity index (χ4n) is 4.30. The Morgan fingerprint density at radius 3 is 2.56 bits per heavy atom. The number of carbonyl (C=O) groups excluding carboxylic acids is 1. The van der Waals surface area contributed by atoms with Gasteiger partial charge in [0.05, 0.1) is 6.07 Å². The van der Waals surface area contributed by atoms with Gasteiger partial charge in [0.25, 0.3) is 0 Å². The molecule has 3 unspecified atom stereocenters. The molecule has 0 radical (unpaired) electrons. The van der Waals surface area contributed by atoms with Crippen molar-refractivity contribution in [3.8, 4) is 6.07 Å². The highest BCUT2D eigenvalue weighted by molar-refractivity contribution is 5.81. The van der Waals surface area contributed by atoms with E-state index in [4.69, 9.17) is 4.74 Å². The van der Waals surface area contributed by atoms with Crippen LogP contribution in [-0.4, -0.2) is 11.6 Å². The number of esters is 1. The Morgan fingerprint density at radius 2 is 2.06 bits per heavy atom. The number of nitrogens with zero attached hydrogens (tertiary/aromatic N) is 1. The van der Waals surface area contributed by atoms with Crippen molar-refractivity contribution in [2.24, 2.45) is 17.3 Å². The van der Waals surface area contributed by atoms with Crippen molar-refractivity contribution in [2.45, 2.75) is 63.9 Å². The highest BCUT2D eigenvalue weighted by atomic mass is 16.6. The molecule has 3 saturated carbocycles. The van der Waals surface area contributed by atoms with Gasteiger partial charge in [0.2, 0.25) is 0 Å². The van der Waals surface area contributed by atoms with Crippen LogP contribution in [0.5, 0.6) is 0 Å². The second kappa shape index (κ2) is 3.98. The van der Waals surface area contributed by atoms with Crippen molar-refractivity contribution in [3.63, 3.8) is 0 Å². The van der Waals surface area contributed by atoms with Crippen LogP contribution in [0.4, 0.5) is 0 Å². The van der Waals surface area contributed by atoms with E-state index in [1.54, 1.807) is 0 Å². The highest BCUT2D eigenvalue weighted by Gasteiger charge is 2.58. The second-order valence-electron chi connectivity index (χ2n) is 6.71. The van der Waals surface area contributed by atoms with Gasteiger partial charge in [-0.2, -0.15) is 5.26 Å². The number of hydrogen-bond acceptors (Lipinski definition) is 3. The van der Waals surface area contributed by atoms with Crippen LogP contribution in [0.1, 0.15) is 58.3 Å². The topological polar surface area (TPSA) is 50.1 Å². The monoisotopic (exact) mass is 247 g/mol. The number of ether oxygens (including phenoxy) is 1. The molecule has 0 aromatic heterocycles. The minimum atomic E-state index is -0.811. The first-order valence-electron chi connectivity index (χ1n) is 7.23. The van der Waals surface area contributed by atoms with Crippen LogP contribution >= 0.6 is 0 Å². The molecular weight excluding hydrogens is 226 g/mol. The van der Waals surface area contributed by atoms with E-state index < -0.39 is 5.41 Å². The maximum atomic E-state index is 12.5. The first-order chi connectivity index (χ1) is 8.58. The molecule has 98 valence electrons. The third-order valence-corrected chi connectivity index (χ3v) is 5.41. The van der Waals surface area contributed by atoms with Gasteiger partial charge in [-0.15, -0.1) is 0 Å². The van der Waals surface area contributed by atoms with Gasteiger partial charge in [-0.3, -0.25) is 4.79 Å². The summed E-state index contributed by atoms with van der Waals surface area (Å²) in [4.78, 5) is 12.5. The van der Waals surface area contributed by atoms with Crippen molar-refractivity contribution in [3.05, 3.63) is 0 Å². The van der Waals surface area contributed by atoms with Crippen LogP contribution < -0.4 is 0 Å². The van der Waals surface area contributed by atoms with E-state index in [0.29, 0.717) is 5.92 Å². The molecule has 0 spiro atoms. The summed E-state index contributed by atoms with van der Waals surface area (Å²) in [5.41, 5.74) is -1.11. The summed E-state index contributed by atoms with van der Waals surface area (Å²) in [5.74, 6) is 0.616. The molecule has 2 bridgehead atoms. The molecule has 3 aliphatic rings. The van der Waals surface area contributed by atoms with Crippen molar-refractivity contribution in [1.82, 2.24) is 0 Å². The van der Waals surface area contributed by atoms with Gasteiger partial charge in [-0.25, -0.2) is 0 Å². The highest BCUT2D eigenvalue weighted by Crippen LogP contribution is 2.56. The van der Waals surface area contributed by atoms with Crippen molar-refractivity contribution in [2.75, 3.05) is 0 Å². The number of fused-ring (bicyclic) bond motifs is 2. The molecule has 0 N–H and O–H groups in total. The van der Waals surface area contributed by atoms with E-state index in [2.05, 4.69) is 6.07 Å². The second-order valence-corrected chi connectivity index (χ2v) is 6.71. The Hall–Kier alpha value is -1.04. The third kappa shape index (κ3) is 1.66. The molecule has 3 atom stereocenters. The molecule has 18 heavy (non-hydrogen) atoms. The predicted molar refractivity (Wildman–Crippen MR) is 66.5 cm³/mol. The molecule has 3 aliphatic carbocycles. The number of hydrogen-bond donors (Lipinski definition) is 0. The number of carbonyl (C=O) groups is 1. The molecule has 0 aromatic carbocycles. The molecule has 0 aromatic rings. The first-order valence-corrected chi connectivity index (χ1v) is 7.23. The van der Waals surface area contributed by atoms with E-state index in [-0.39, 0.29) is 17.5 Å².